The minimum absolute atomic E-state index is 0. The largest absolute Gasteiger partial charge is 0.508 e. The average molecular weight is 346 g/mol. The van der Waals surface area contributed by atoms with Crippen LogP contribution in [0.15, 0.2) is 48.3 Å². The second-order valence-corrected chi connectivity index (χ2v) is 6.07. The standard InChI is InChI=1S/C18H19NO.BrH/c1-19-11-13-4-2-3-5-15(13)18-16-10-14(20)8-6-12(16)7-9-17(18)19;/h2-6,8,10-12,16-17,20H,7,9H2,1H3;1H. The Bertz CT molecular complexity index is 734. The van der Waals surface area contributed by atoms with E-state index in [0.29, 0.717) is 23.6 Å². The lowest BCUT2D eigenvalue weighted by molar-refractivity contribution is 0.304. The zero-order valence-corrected chi connectivity index (χ0v) is 13.8. The Labute approximate surface area is 135 Å². The minimum Gasteiger partial charge on any atom is -0.508 e. The van der Waals surface area contributed by atoms with Crippen molar-refractivity contribution in [1.29, 1.82) is 0 Å². The molecule has 1 aromatic carbocycles. The number of benzene rings is 1. The van der Waals surface area contributed by atoms with Gasteiger partial charge in [0.1, 0.15) is 5.76 Å². The fourth-order valence-corrected chi connectivity index (χ4v) is 3.99. The summed E-state index contributed by atoms with van der Waals surface area (Å²) in [5, 5.41) is 12.6. The molecule has 1 aromatic rings. The van der Waals surface area contributed by atoms with Crippen molar-refractivity contribution in [1.82, 2.24) is 4.90 Å². The van der Waals surface area contributed by atoms with Crippen molar-refractivity contribution < 1.29 is 5.11 Å². The summed E-state index contributed by atoms with van der Waals surface area (Å²) in [5.41, 5.74) is 1.48. The maximum absolute atomic E-state index is 9.89. The first-order chi connectivity index (χ1) is 9.74. The lowest BCUT2D eigenvalue weighted by atomic mass is 9.69. The quantitative estimate of drug-likeness (QED) is 0.780. The second-order valence-electron chi connectivity index (χ2n) is 6.07. The molecule has 1 heterocycles. The van der Waals surface area contributed by atoms with E-state index in [1.165, 1.54) is 28.9 Å². The number of nitrogens with zero attached hydrogens (tertiary/aromatic N) is 1. The van der Waals surface area contributed by atoms with E-state index in [4.69, 9.17) is 0 Å². The van der Waals surface area contributed by atoms with E-state index in [0.717, 1.165) is 0 Å². The van der Waals surface area contributed by atoms with Crippen LogP contribution in [0.25, 0.3) is 11.8 Å². The summed E-state index contributed by atoms with van der Waals surface area (Å²) in [7, 11) is 2.17. The lowest BCUT2D eigenvalue weighted by Crippen LogP contribution is -2.48. The van der Waals surface area contributed by atoms with E-state index in [1.54, 1.807) is 0 Å². The molecule has 0 aromatic heterocycles. The number of aliphatic hydroxyl groups is 1. The smallest absolute Gasteiger partial charge is 0.111 e. The maximum atomic E-state index is 9.89. The van der Waals surface area contributed by atoms with Crippen molar-refractivity contribution in [3.05, 3.63) is 58.7 Å². The molecule has 0 radical (unpaired) electrons. The molecule has 1 N–H and O–H groups in total. The van der Waals surface area contributed by atoms with Crippen LogP contribution in [0.5, 0.6) is 0 Å². The van der Waals surface area contributed by atoms with Crippen LogP contribution in [-0.2, 0) is 0 Å². The molecular weight excluding hydrogens is 326 g/mol. The second kappa shape index (κ2) is 5.38. The Morgan fingerprint density at radius 2 is 2.00 bits per heavy atom. The van der Waals surface area contributed by atoms with E-state index in [1.807, 2.05) is 12.2 Å². The van der Waals surface area contributed by atoms with Gasteiger partial charge in [-0.05, 0) is 46.9 Å². The molecule has 3 unspecified atom stereocenters. The van der Waals surface area contributed by atoms with Crippen LogP contribution in [0, 0.1) is 11.8 Å². The Kier molecular flexibility index (Phi) is 3.70. The van der Waals surface area contributed by atoms with Crippen LogP contribution in [0.4, 0.5) is 0 Å². The van der Waals surface area contributed by atoms with Gasteiger partial charge in [0.05, 0.1) is 6.04 Å². The molecule has 2 nitrogen and oxygen atoms in total. The summed E-state index contributed by atoms with van der Waals surface area (Å²) in [6.45, 7) is 0. The number of allylic oxidation sites excluding steroid dienone is 3. The number of fused-ring (bicyclic) bond motifs is 4. The molecule has 1 fully saturated rings. The van der Waals surface area contributed by atoms with Crippen LogP contribution in [-0.4, -0.2) is 23.1 Å². The average Bonchev–Trinajstić information content (AvgIpc) is 2.46. The van der Waals surface area contributed by atoms with Crippen LogP contribution in [0.1, 0.15) is 12.8 Å². The molecule has 110 valence electrons. The monoisotopic (exact) mass is 345 g/mol. The van der Waals surface area contributed by atoms with Crippen molar-refractivity contribution in [3.63, 3.8) is 0 Å². The Morgan fingerprint density at radius 1 is 1.19 bits per heavy atom. The molecule has 3 heteroatoms. The highest BCUT2D eigenvalue weighted by Gasteiger charge is 2.36. The zero-order chi connectivity index (χ0) is 13.7. The third-order valence-corrected chi connectivity index (χ3v) is 4.92. The number of hydrogen-bond acceptors (Lipinski definition) is 2. The molecule has 0 spiro atoms. The van der Waals surface area contributed by atoms with E-state index in [9.17, 15) is 5.11 Å². The number of aliphatic hydroxyl groups excluding tert-OH is 1. The summed E-state index contributed by atoms with van der Waals surface area (Å²) in [5.74, 6) is 1.29. The molecule has 3 atom stereocenters. The van der Waals surface area contributed by atoms with Gasteiger partial charge in [-0.25, -0.2) is 0 Å². The van der Waals surface area contributed by atoms with E-state index >= 15 is 0 Å². The molecule has 0 amide bonds. The summed E-state index contributed by atoms with van der Waals surface area (Å²) in [6.07, 6.45) is 10.7. The molecule has 0 bridgehead atoms. The molecule has 21 heavy (non-hydrogen) atoms. The van der Waals surface area contributed by atoms with Gasteiger partial charge in [-0.15, -0.1) is 17.0 Å². The molecule has 3 aliphatic rings. The van der Waals surface area contributed by atoms with Gasteiger partial charge in [0.25, 0.3) is 0 Å². The predicted octanol–water partition coefficient (Wildman–Crippen LogP) is 2.51. The molecule has 1 saturated carbocycles. The van der Waals surface area contributed by atoms with E-state index < -0.39 is 0 Å². The first-order valence-electron chi connectivity index (χ1n) is 7.36. The van der Waals surface area contributed by atoms with Crippen molar-refractivity contribution in [3.8, 4) is 0 Å². The fourth-order valence-electron chi connectivity index (χ4n) is 3.99. The summed E-state index contributed by atoms with van der Waals surface area (Å²) in [6, 6.07) is 9.10. The van der Waals surface area contributed by atoms with Gasteiger partial charge in [0, 0.05) is 19.2 Å². The lowest BCUT2D eigenvalue weighted by Gasteiger charge is -2.43. The highest BCUT2D eigenvalue weighted by Crippen LogP contribution is 2.41. The predicted molar refractivity (Wildman–Crippen MR) is 91.5 cm³/mol. The summed E-state index contributed by atoms with van der Waals surface area (Å²) < 4.78 is 0. The fraction of sp³-hybridized carbons (Fsp3) is 0.333. The summed E-state index contributed by atoms with van der Waals surface area (Å²) >= 11 is 0. The van der Waals surface area contributed by atoms with E-state index in [2.05, 4.69) is 48.5 Å². The topological polar surface area (TPSA) is 23.5 Å². The van der Waals surface area contributed by atoms with Crippen molar-refractivity contribution >= 4 is 28.8 Å². The maximum Gasteiger partial charge on any atom is 0.111 e. The van der Waals surface area contributed by atoms with Crippen LogP contribution in [0.3, 0.4) is 0 Å². The van der Waals surface area contributed by atoms with Gasteiger partial charge < -0.3 is 10.0 Å². The highest BCUT2D eigenvalue weighted by molar-refractivity contribution is 8.93. The van der Waals surface area contributed by atoms with Crippen LogP contribution >= 0.6 is 17.0 Å². The van der Waals surface area contributed by atoms with Gasteiger partial charge in [0.15, 0.2) is 0 Å². The first-order valence-corrected chi connectivity index (χ1v) is 7.36. The van der Waals surface area contributed by atoms with Crippen LogP contribution in [0.2, 0.25) is 0 Å². The third kappa shape index (κ3) is 2.24. The van der Waals surface area contributed by atoms with Crippen molar-refractivity contribution in [2.75, 3.05) is 7.05 Å². The number of rotatable bonds is 0. The Hall–Kier alpha value is -1.48. The number of halogens is 1. The van der Waals surface area contributed by atoms with Crippen molar-refractivity contribution in [2.24, 2.45) is 11.8 Å². The number of hydrogen-bond donors (Lipinski definition) is 1. The normalized spacial score (nSPS) is 29.4. The van der Waals surface area contributed by atoms with Gasteiger partial charge >= 0.3 is 0 Å². The van der Waals surface area contributed by atoms with Gasteiger partial charge in [-0.3, -0.25) is 0 Å². The van der Waals surface area contributed by atoms with E-state index in [-0.39, 0.29) is 17.0 Å². The first kappa shape index (κ1) is 14.5. The summed E-state index contributed by atoms with van der Waals surface area (Å²) in [4.78, 5) is 2.34. The van der Waals surface area contributed by atoms with Gasteiger partial charge in [-0.2, -0.15) is 0 Å². The van der Waals surface area contributed by atoms with Gasteiger partial charge in [-0.1, -0.05) is 30.3 Å². The van der Waals surface area contributed by atoms with Gasteiger partial charge in [0.2, 0.25) is 0 Å². The molecular formula is C18H20BrNO. The molecule has 1 aliphatic heterocycles. The Morgan fingerprint density at radius 3 is 2.86 bits per heavy atom. The van der Waals surface area contributed by atoms with Crippen LogP contribution < -0.4 is 10.4 Å². The van der Waals surface area contributed by atoms with Crippen molar-refractivity contribution in [2.45, 2.75) is 18.9 Å². The highest BCUT2D eigenvalue weighted by atomic mass is 79.9. The Balaban J connectivity index is 0.00000132. The molecule has 4 rings (SSSR count). The SMILES string of the molecule is Br.CN1C=c2ccccc2=C2C3C=C(O)C=CC3CCC21. The molecule has 2 aliphatic carbocycles. The zero-order valence-electron chi connectivity index (χ0n) is 12.1. The minimum atomic E-state index is 0. The molecule has 0 saturated heterocycles. The third-order valence-electron chi connectivity index (χ3n) is 4.92.